The third-order valence-electron chi connectivity index (χ3n) is 14.6. The summed E-state index contributed by atoms with van der Waals surface area (Å²) in [5, 5.41) is 4.62. The maximum absolute atomic E-state index is 13.7. The second-order valence-corrected chi connectivity index (χ2v) is 18.8. The van der Waals surface area contributed by atoms with E-state index in [1.165, 1.54) is 55.3 Å². The summed E-state index contributed by atoms with van der Waals surface area (Å²) in [7, 11) is 0. The van der Waals surface area contributed by atoms with Crippen molar-refractivity contribution in [2.75, 3.05) is 0 Å². The molecule has 304 valence electrons. The molecule has 0 unspecified atom stereocenters. The monoisotopic (exact) mass is 821 g/mol. The Hall–Kier alpha value is -7.75. The minimum absolute atomic E-state index is 0.107. The highest BCUT2D eigenvalue weighted by atomic mass is 16.3. The van der Waals surface area contributed by atoms with Crippen LogP contribution in [0.1, 0.15) is 65.9 Å². The zero-order valence-corrected chi connectivity index (χ0v) is 36.2. The molecular weight excluding hydrogens is 779 g/mol. The number of rotatable bonds is 4. The van der Waals surface area contributed by atoms with Crippen molar-refractivity contribution >= 4 is 49.5 Å². The highest BCUT2D eigenvalue weighted by Crippen LogP contribution is 2.54. The van der Waals surface area contributed by atoms with Crippen LogP contribution >= 0.6 is 0 Å². The molecule has 2 aliphatic rings. The van der Waals surface area contributed by atoms with Crippen molar-refractivity contribution in [2.24, 2.45) is 0 Å². The minimum Gasteiger partial charge on any atom is -0.454 e. The first-order valence-corrected chi connectivity index (χ1v) is 22.3. The molecule has 13 rings (SSSR count). The first kappa shape index (κ1) is 36.9. The van der Waals surface area contributed by atoms with E-state index in [0.717, 1.165) is 72.0 Å². The lowest BCUT2D eigenvalue weighted by molar-refractivity contribution is 0.103. The number of benzene rings is 9. The zero-order chi connectivity index (χ0) is 43.1. The molecule has 2 aromatic heterocycles. The summed E-state index contributed by atoms with van der Waals surface area (Å²) in [4.78, 5) is 13.7. The molecule has 0 spiro atoms. The summed E-state index contributed by atoms with van der Waals surface area (Å²) in [5.41, 5.74) is 20.5. The van der Waals surface area contributed by atoms with Crippen molar-refractivity contribution in [3.05, 3.63) is 221 Å². The molecule has 3 heteroatoms. The van der Waals surface area contributed by atoms with Gasteiger partial charge in [0, 0.05) is 43.5 Å². The van der Waals surface area contributed by atoms with Crippen LogP contribution in [0.5, 0.6) is 0 Å². The molecule has 0 amide bonds. The predicted octanol–water partition coefficient (Wildman–Crippen LogP) is 15.9. The summed E-state index contributed by atoms with van der Waals surface area (Å²) >= 11 is 0. The lowest BCUT2D eigenvalue weighted by Crippen LogP contribution is -2.30. The summed E-state index contributed by atoms with van der Waals surface area (Å²) in [6, 6.07) is 67.7. The van der Waals surface area contributed by atoms with Crippen molar-refractivity contribution in [1.82, 2.24) is 4.57 Å². The van der Waals surface area contributed by atoms with E-state index in [0.29, 0.717) is 0 Å². The lowest BCUT2D eigenvalue weighted by atomic mass is 9.68. The third-order valence-corrected chi connectivity index (χ3v) is 14.6. The molecule has 64 heavy (non-hydrogen) atoms. The molecule has 9 aromatic carbocycles. The molecule has 0 saturated carbocycles. The summed E-state index contributed by atoms with van der Waals surface area (Å²) in [6.07, 6.45) is 0. The van der Waals surface area contributed by atoms with Gasteiger partial charge in [-0.25, -0.2) is 0 Å². The molecule has 0 atom stereocenters. The molecule has 0 N–H and O–H groups in total. The molecule has 0 aliphatic heterocycles. The standard InChI is InChI=1S/C61H43NO2/c1-60(2)50-21-10-8-17-47(50)58(63)48-30-25-38(33-52(48)60)37-27-31-51-49(32-37)45-19-12-18-41(57(45)61(51,3)4)40-26-29-43-42-28-24-39(36-14-6-5-7-15-36)34-54(42)62(55(43)35-40)53-22-13-20-46-44-16-9-11-23-56(44)64-59(46)53/h5-35H,1-4H3. The summed E-state index contributed by atoms with van der Waals surface area (Å²) in [6.45, 7) is 9.21. The van der Waals surface area contributed by atoms with Gasteiger partial charge < -0.3 is 8.98 Å². The van der Waals surface area contributed by atoms with Gasteiger partial charge >= 0.3 is 0 Å². The quantitative estimate of drug-likeness (QED) is 0.177. The second-order valence-electron chi connectivity index (χ2n) is 18.8. The average molecular weight is 822 g/mol. The molecule has 0 radical (unpaired) electrons. The number of nitrogens with zero attached hydrogens (tertiary/aromatic N) is 1. The van der Waals surface area contributed by atoms with Gasteiger partial charge in [-0.15, -0.1) is 0 Å². The van der Waals surface area contributed by atoms with Gasteiger partial charge in [-0.2, -0.15) is 0 Å². The van der Waals surface area contributed by atoms with E-state index in [1.54, 1.807) is 0 Å². The molecule has 3 nitrogen and oxygen atoms in total. The number of ketones is 1. The van der Waals surface area contributed by atoms with Crippen LogP contribution in [0, 0.1) is 0 Å². The van der Waals surface area contributed by atoms with Crippen molar-refractivity contribution in [3.63, 3.8) is 0 Å². The van der Waals surface area contributed by atoms with Gasteiger partial charge in [-0.3, -0.25) is 4.79 Å². The Kier molecular flexibility index (Phi) is 7.57. The smallest absolute Gasteiger partial charge is 0.193 e. The van der Waals surface area contributed by atoms with Gasteiger partial charge in [0.1, 0.15) is 5.58 Å². The van der Waals surface area contributed by atoms with Crippen molar-refractivity contribution in [3.8, 4) is 50.2 Å². The molecule has 0 fully saturated rings. The van der Waals surface area contributed by atoms with E-state index < -0.39 is 0 Å². The topological polar surface area (TPSA) is 35.1 Å². The van der Waals surface area contributed by atoms with Crippen LogP contribution in [-0.2, 0) is 10.8 Å². The minimum atomic E-state index is -0.300. The fourth-order valence-electron chi connectivity index (χ4n) is 11.4. The number of fused-ring (bicyclic) bond motifs is 11. The SMILES string of the molecule is CC1(C)c2ccccc2C(=O)c2ccc(-c3ccc4c(c3)-c3cccc(-c5ccc6c7ccc(-c8ccccc8)cc7n(-c7cccc8c7oc7ccccc78)c6c5)c3C4(C)C)cc21. The van der Waals surface area contributed by atoms with Crippen LogP contribution in [-0.4, -0.2) is 10.4 Å². The fourth-order valence-corrected chi connectivity index (χ4v) is 11.4. The van der Waals surface area contributed by atoms with Crippen LogP contribution in [0.4, 0.5) is 0 Å². The van der Waals surface area contributed by atoms with Gasteiger partial charge in [0.15, 0.2) is 11.4 Å². The fraction of sp³-hybridized carbons (Fsp3) is 0.0984. The summed E-state index contributed by atoms with van der Waals surface area (Å²) in [5.74, 6) is 0.107. The normalized spacial score (nSPS) is 14.5. The Morgan fingerprint density at radius 2 is 0.984 bits per heavy atom. The number of hydrogen-bond acceptors (Lipinski definition) is 2. The number of furan rings is 1. The van der Waals surface area contributed by atoms with Crippen LogP contribution < -0.4 is 0 Å². The maximum Gasteiger partial charge on any atom is 0.193 e. The highest BCUT2D eigenvalue weighted by molar-refractivity contribution is 6.15. The lowest BCUT2D eigenvalue weighted by Gasteiger charge is -2.34. The third kappa shape index (κ3) is 5.07. The van der Waals surface area contributed by atoms with Gasteiger partial charge in [0.05, 0.1) is 16.7 Å². The van der Waals surface area contributed by atoms with E-state index in [-0.39, 0.29) is 16.6 Å². The zero-order valence-electron chi connectivity index (χ0n) is 36.2. The van der Waals surface area contributed by atoms with E-state index in [2.05, 4.69) is 190 Å². The van der Waals surface area contributed by atoms with E-state index in [1.807, 2.05) is 30.3 Å². The number of para-hydroxylation sites is 2. The predicted molar refractivity (Wildman–Crippen MR) is 264 cm³/mol. The Labute approximate surface area is 371 Å². The van der Waals surface area contributed by atoms with Crippen LogP contribution in [0.2, 0.25) is 0 Å². The molecular formula is C61H43NO2. The molecule has 0 saturated heterocycles. The van der Waals surface area contributed by atoms with Crippen LogP contribution in [0.15, 0.2) is 192 Å². The van der Waals surface area contributed by atoms with E-state index >= 15 is 0 Å². The first-order valence-electron chi connectivity index (χ1n) is 22.3. The van der Waals surface area contributed by atoms with Crippen molar-refractivity contribution in [2.45, 2.75) is 38.5 Å². The number of aromatic nitrogens is 1. The van der Waals surface area contributed by atoms with Gasteiger partial charge in [0.25, 0.3) is 0 Å². The Balaban J connectivity index is 0.983. The Bertz CT molecular complexity index is 3800. The van der Waals surface area contributed by atoms with Crippen LogP contribution in [0.25, 0.3) is 93.9 Å². The Morgan fingerprint density at radius 3 is 1.83 bits per heavy atom. The number of carbonyl (C=O) groups excluding carboxylic acids is 1. The number of hydrogen-bond donors (Lipinski definition) is 0. The molecule has 2 aliphatic carbocycles. The van der Waals surface area contributed by atoms with Crippen molar-refractivity contribution < 1.29 is 9.21 Å². The maximum atomic E-state index is 13.7. The molecule has 0 bridgehead atoms. The largest absolute Gasteiger partial charge is 0.454 e. The highest BCUT2D eigenvalue weighted by Gasteiger charge is 2.39. The van der Waals surface area contributed by atoms with E-state index in [4.69, 9.17) is 4.42 Å². The summed E-state index contributed by atoms with van der Waals surface area (Å²) < 4.78 is 9.14. The second kappa shape index (κ2) is 13.1. The number of carbonyl (C=O) groups is 1. The Morgan fingerprint density at radius 1 is 0.391 bits per heavy atom. The van der Waals surface area contributed by atoms with E-state index in [9.17, 15) is 4.79 Å². The van der Waals surface area contributed by atoms with Crippen LogP contribution in [0.3, 0.4) is 0 Å². The van der Waals surface area contributed by atoms with Gasteiger partial charge in [-0.1, -0.05) is 179 Å². The van der Waals surface area contributed by atoms with Gasteiger partial charge in [-0.05, 0) is 103 Å². The molecule has 2 heterocycles. The van der Waals surface area contributed by atoms with Crippen molar-refractivity contribution in [1.29, 1.82) is 0 Å². The molecule has 11 aromatic rings. The van der Waals surface area contributed by atoms with Gasteiger partial charge in [0.2, 0.25) is 0 Å². The first-order chi connectivity index (χ1) is 31.2. The average Bonchev–Trinajstić information content (AvgIpc) is 3.95.